The Morgan fingerprint density at radius 2 is 2.12 bits per heavy atom. The SMILES string of the molecule is CC1CC=CC2=CC(C3CCN(C)C3)=CCC21. The van der Waals surface area contributed by atoms with E-state index in [0.717, 1.165) is 17.8 Å². The van der Waals surface area contributed by atoms with Crippen LogP contribution in [0.5, 0.6) is 0 Å². The first-order valence-electron chi connectivity index (χ1n) is 7.01. The van der Waals surface area contributed by atoms with Gasteiger partial charge in [0.05, 0.1) is 0 Å². The van der Waals surface area contributed by atoms with E-state index in [2.05, 4.69) is 43.2 Å². The molecule has 0 spiro atoms. The van der Waals surface area contributed by atoms with Crippen molar-refractivity contribution in [3.05, 3.63) is 35.5 Å². The highest BCUT2D eigenvalue weighted by molar-refractivity contribution is 5.39. The van der Waals surface area contributed by atoms with Crippen molar-refractivity contribution in [3.63, 3.8) is 0 Å². The first-order valence-corrected chi connectivity index (χ1v) is 7.01. The number of allylic oxidation sites excluding steroid dienone is 5. The molecule has 92 valence electrons. The van der Waals surface area contributed by atoms with Crippen molar-refractivity contribution >= 4 is 0 Å². The monoisotopic (exact) mass is 229 g/mol. The van der Waals surface area contributed by atoms with Gasteiger partial charge in [-0.05, 0) is 61.8 Å². The van der Waals surface area contributed by atoms with E-state index in [-0.39, 0.29) is 0 Å². The summed E-state index contributed by atoms with van der Waals surface area (Å²) < 4.78 is 0. The summed E-state index contributed by atoms with van der Waals surface area (Å²) in [5.74, 6) is 2.41. The number of likely N-dealkylation sites (tertiary alicyclic amines) is 1. The Morgan fingerprint density at radius 1 is 1.24 bits per heavy atom. The summed E-state index contributed by atoms with van der Waals surface area (Å²) in [6.45, 7) is 4.91. The predicted octanol–water partition coefficient (Wildman–Crippen LogP) is 3.41. The zero-order chi connectivity index (χ0) is 11.8. The molecular formula is C16H23N. The number of nitrogens with zero attached hydrogens (tertiary/aromatic N) is 1. The Hall–Kier alpha value is -0.820. The topological polar surface area (TPSA) is 3.24 Å². The first kappa shape index (κ1) is 11.3. The van der Waals surface area contributed by atoms with Crippen LogP contribution in [0.15, 0.2) is 35.5 Å². The molecule has 0 radical (unpaired) electrons. The molecule has 3 unspecified atom stereocenters. The standard InChI is InChI=1S/C16H23N/c1-12-4-3-5-14-10-13(6-7-16(12)14)15-8-9-17(2)11-15/h3,5-6,10,12,15-16H,4,7-9,11H2,1-2H3. The molecule has 0 aromatic rings. The van der Waals surface area contributed by atoms with E-state index in [0.29, 0.717) is 0 Å². The molecule has 0 N–H and O–H groups in total. The van der Waals surface area contributed by atoms with Crippen LogP contribution in [0.2, 0.25) is 0 Å². The van der Waals surface area contributed by atoms with Gasteiger partial charge in [-0.25, -0.2) is 0 Å². The largest absolute Gasteiger partial charge is 0.306 e. The molecule has 17 heavy (non-hydrogen) atoms. The van der Waals surface area contributed by atoms with Crippen LogP contribution in [0.3, 0.4) is 0 Å². The lowest BCUT2D eigenvalue weighted by molar-refractivity contribution is 0.396. The van der Waals surface area contributed by atoms with Gasteiger partial charge in [0.15, 0.2) is 0 Å². The van der Waals surface area contributed by atoms with Gasteiger partial charge in [-0.2, -0.15) is 0 Å². The quantitative estimate of drug-likeness (QED) is 0.666. The zero-order valence-electron chi connectivity index (χ0n) is 11.0. The Kier molecular flexibility index (Phi) is 2.96. The normalized spacial score (nSPS) is 37.6. The zero-order valence-corrected chi connectivity index (χ0v) is 11.0. The van der Waals surface area contributed by atoms with Crippen LogP contribution >= 0.6 is 0 Å². The Bertz CT molecular complexity index is 388. The second-order valence-electron chi connectivity index (χ2n) is 6.05. The van der Waals surface area contributed by atoms with Gasteiger partial charge in [0, 0.05) is 6.54 Å². The van der Waals surface area contributed by atoms with Gasteiger partial charge in [0.25, 0.3) is 0 Å². The molecule has 1 aliphatic heterocycles. The van der Waals surface area contributed by atoms with E-state index in [1.165, 1.54) is 32.4 Å². The Labute approximate surface area is 105 Å². The van der Waals surface area contributed by atoms with Gasteiger partial charge < -0.3 is 4.90 Å². The van der Waals surface area contributed by atoms with Crippen LogP contribution in [-0.4, -0.2) is 25.0 Å². The maximum Gasteiger partial charge on any atom is 0.00476 e. The molecular weight excluding hydrogens is 206 g/mol. The fourth-order valence-corrected chi connectivity index (χ4v) is 3.56. The molecule has 1 heterocycles. The molecule has 1 saturated heterocycles. The molecule has 2 aliphatic carbocycles. The van der Waals surface area contributed by atoms with Gasteiger partial charge in [0.2, 0.25) is 0 Å². The van der Waals surface area contributed by atoms with Crippen molar-refractivity contribution in [2.45, 2.75) is 26.2 Å². The molecule has 1 fully saturated rings. The number of hydrogen-bond acceptors (Lipinski definition) is 1. The average Bonchev–Trinajstić information content (AvgIpc) is 2.76. The van der Waals surface area contributed by atoms with Crippen LogP contribution in [0, 0.1) is 17.8 Å². The van der Waals surface area contributed by atoms with E-state index >= 15 is 0 Å². The fourth-order valence-electron chi connectivity index (χ4n) is 3.56. The van der Waals surface area contributed by atoms with Crippen LogP contribution in [0.4, 0.5) is 0 Å². The van der Waals surface area contributed by atoms with Crippen LogP contribution in [0.25, 0.3) is 0 Å². The molecule has 0 amide bonds. The van der Waals surface area contributed by atoms with E-state index in [1.54, 1.807) is 11.1 Å². The summed E-state index contributed by atoms with van der Waals surface area (Å²) in [5.41, 5.74) is 3.20. The van der Waals surface area contributed by atoms with E-state index in [9.17, 15) is 0 Å². The summed E-state index contributed by atoms with van der Waals surface area (Å²) in [4.78, 5) is 2.45. The van der Waals surface area contributed by atoms with Crippen molar-refractivity contribution in [2.75, 3.05) is 20.1 Å². The average molecular weight is 229 g/mol. The summed E-state index contributed by atoms with van der Waals surface area (Å²) in [6.07, 6.45) is 13.6. The van der Waals surface area contributed by atoms with Crippen LogP contribution in [-0.2, 0) is 0 Å². The summed E-state index contributed by atoms with van der Waals surface area (Å²) >= 11 is 0. The first-order chi connectivity index (χ1) is 8.24. The smallest absolute Gasteiger partial charge is 0.00476 e. The Balaban J connectivity index is 1.79. The van der Waals surface area contributed by atoms with Crippen LogP contribution in [0.1, 0.15) is 26.2 Å². The van der Waals surface area contributed by atoms with Gasteiger partial charge in [-0.15, -0.1) is 0 Å². The number of rotatable bonds is 1. The van der Waals surface area contributed by atoms with Gasteiger partial charge >= 0.3 is 0 Å². The highest BCUT2D eigenvalue weighted by Crippen LogP contribution is 2.38. The minimum Gasteiger partial charge on any atom is -0.306 e. The van der Waals surface area contributed by atoms with Crippen LogP contribution < -0.4 is 0 Å². The van der Waals surface area contributed by atoms with Crippen molar-refractivity contribution < 1.29 is 0 Å². The van der Waals surface area contributed by atoms with E-state index < -0.39 is 0 Å². The third kappa shape index (κ3) is 2.13. The maximum atomic E-state index is 2.52. The minimum atomic E-state index is 0.791. The third-order valence-electron chi connectivity index (χ3n) is 4.74. The molecule has 1 nitrogen and oxygen atoms in total. The van der Waals surface area contributed by atoms with Gasteiger partial charge in [-0.1, -0.05) is 31.2 Å². The van der Waals surface area contributed by atoms with E-state index in [1.807, 2.05) is 0 Å². The number of hydrogen-bond donors (Lipinski definition) is 0. The summed E-state index contributed by atoms with van der Waals surface area (Å²) in [6, 6.07) is 0. The highest BCUT2D eigenvalue weighted by Gasteiger charge is 2.28. The highest BCUT2D eigenvalue weighted by atomic mass is 15.1. The molecule has 0 aromatic heterocycles. The summed E-state index contributed by atoms with van der Waals surface area (Å²) in [7, 11) is 2.24. The summed E-state index contributed by atoms with van der Waals surface area (Å²) in [5, 5.41) is 0. The third-order valence-corrected chi connectivity index (χ3v) is 4.74. The van der Waals surface area contributed by atoms with E-state index in [4.69, 9.17) is 0 Å². The molecule has 3 aliphatic rings. The molecule has 1 heteroatoms. The van der Waals surface area contributed by atoms with Crippen molar-refractivity contribution in [1.82, 2.24) is 4.90 Å². The molecule has 0 bridgehead atoms. The molecule has 0 saturated carbocycles. The molecule has 3 atom stereocenters. The second-order valence-corrected chi connectivity index (χ2v) is 6.05. The lowest BCUT2D eigenvalue weighted by Gasteiger charge is -2.31. The maximum absolute atomic E-state index is 2.52. The van der Waals surface area contributed by atoms with Crippen molar-refractivity contribution in [2.24, 2.45) is 17.8 Å². The predicted molar refractivity (Wildman–Crippen MR) is 72.8 cm³/mol. The molecule has 0 aromatic carbocycles. The van der Waals surface area contributed by atoms with Gasteiger partial charge in [-0.3, -0.25) is 0 Å². The molecule has 3 rings (SSSR count). The van der Waals surface area contributed by atoms with Gasteiger partial charge in [0.1, 0.15) is 0 Å². The Morgan fingerprint density at radius 3 is 2.88 bits per heavy atom. The lowest BCUT2D eigenvalue weighted by Crippen LogP contribution is -2.20. The number of fused-ring (bicyclic) bond motifs is 1. The lowest BCUT2D eigenvalue weighted by atomic mass is 9.74. The fraction of sp³-hybridized carbons (Fsp3) is 0.625. The van der Waals surface area contributed by atoms with Crippen molar-refractivity contribution in [1.29, 1.82) is 0 Å². The van der Waals surface area contributed by atoms with Crippen molar-refractivity contribution in [3.8, 4) is 0 Å². The minimum absolute atomic E-state index is 0.791. The second kappa shape index (κ2) is 4.45.